The van der Waals surface area contributed by atoms with Crippen LogP contribution < -0.4 is 14.5 Å². The number of anilines is 1. The molecule has 8 heteroatoms. The van der Waals surface area contributed by atoms with Crippen molar-refractivity contribution in [2.45, 2.75) is 0 Å². The molecular formula is C28H20BrN3O3S. The highest BCUT2D eigenvalue weighted by molar-refractivity contribution is 9.10. The minimum absolute atomic E-state index is 0.326. The molecule has 1 aromatic heterocycles. The summed E-state index contributed by atoms with van der Waals surface area (Å²) >= 11 is 4.80. The highest BCUT2D eigenvalue weighted by Gasteiger charge is 2.22. The highest BCUT2D eigenvalue weighted by atomic mass is 79.9. The lowest BCUT2D eigenvalue weighted by molar-refractivity contribution is 0.0987. The van der Waals surface area contributed by atoms with E-state index in [9.17, 15) is 4.79 Å². The SMILES string of the molecule is COc1ccc2nc(N(/N=C/c3ccc(Br)cc3)C(=O)c3cccc(Oc4ccccc4)c3)sc2c1. The van der Waals surface area contributed by atoms with Gasteiger partial charge in [0.05, 0.1) is 23.5 Å². The van der Waals surface area contributed by atoms with E-state index >= 15 is 0 Å². The van der Waals surface area contributed by atoms with Gasteiger partial charge in [-0.2, -0.15) is 10.1 Å². The first-order valence-corrected chi connectivity index (χ1v) is 12.6. The van der Waals surface area contributed by atoms with Gasteiger partial charge >= 0.3 is 0 Å². The van der Waals surface area contributed by atoms with Gasteiger partial charge < -0.3 is 9.47 Å². The van der Waals surface area contributed by atoms with Crippen LogP contribution in [0.5, 0.6) is 17.2 Å². The summed E-state index contributed by atoms with van der Waals surface area (Å²) in [5.74, 6) is 1.64. The Hall–Kier alpha value is -4.01. The molecular weight excluding hydrogens is 538 g/mol. The third-order valence-electron chi connectivity index (χ3n) is 5.21. The Morgan fingerprint density at radius 3 is 2.47 bits per heavy atom. The molecule has 0 aliphatic carbocycles. The summed E-state index contributed by atoms with van der Waals surface area (Å²) in [6, 6.07) is 29.7. The minimum Gasteiger partial charge on any atom is -0.497 e. The van der Waals surface area contributed by atoms with Crippen molar-refractivity contribution in [3.05, 3.63) is 113 Å². The lowest BCUT2D eigenvalue weighted by Crippen LogP contribution is -2.25. The largest absolute Gasteiger partial charge is 0.497 e. The first kappa shape index (κ1) is 23.7. The number of rotatable bonds is 7. The van der Waals surface area contributed by atoms with Gasteiger partial charge in [-0.05, 0) is 66.2 Å². The van der Waals surface area contributed by atoms with Gasteiger partial charge in [0.25, 0.3) is 5.91 Å². The van der Waals surface area contributed by atoms with Gasteiger partial charge in [0.15, 0.2) is 0 Å². The number of thiazole rings is 1. The van der Waals surface area contributed by atoms with E-state index < -0.39 is 0 Å². The Balaban J connectivity index is 1.51. The number of nitrogens with zero attached hydrogens (tertiary/aromatic N) is 3. The Kier molecular flexibility index (Phi) is 7.06. The summed E-state index contributed by atoms with van der Waals surface area (Å²) in [5, 5.41) is 6.31. The summed E-state index contributed by atoms with van der Waals surface area (Å²) in [6.45, 7) is 0. The molecule has 0 saturated carbocycles. The minimum atomic E-state index is -0.326. The molecule has 0 spiro atoms. The number of hydrazone groups is 1. The number of carbonyl (C=O) groups is 1. The Morgan fingerprint density at radius 1 is 0.917 bits per heavy atom. The normalized spacial score (nSPS) is 11.1. The molecule has 6 nitrogen and oxygen atoms in total. The average molecular weight is 558 g/mol. The third-order valence-corrected chi connectivity index (χ3v) is 6.73. The summed E-state index contributed by atoms with van der Waals surface area (Å²) in [6.07, 6.45) is 1.64. The summed E-state index contributed by atoms with van der Waals surface area (Å²) in [4.78, 5) is 18.4. The van der Waals surface area contributed by atoms with Crippen LogP contribution >= 0.6 is 27.3 Å². The van der Waals surface area contributed by atoms with Crippen molar-refractivity contribution in [1.29, 1.82) is 0 Å². The van der Waals surface area contributed by atoms with Crippen molar-refractivity contribution in [3.8, 4) is 17.2 Å². The number of para-hydroxylation sites is 1. The third kappa shape index (κ3) is 5.45. The molecule has 0 aliphatic heterocycles. The fraction of sp³-hybridized carbons (Fsp3) is 0.0357. The molecule has 0 radical (unpaired) electrons. The van der Waals surface area contributed by atoms with E-state index in [2.05, 4.69) is 26.0 Å². The second-order valence-electron chi connectivity index (χ2n) is 7.69. The molecule has 1 heterocycles. The number of hydrogen-bond donors (Lipinski definition) is 0. The van der Waals surface area contributed by atoms with Crippen LogP contribution in [-0.4, -0.2) is 24.2 Å². The molecule has 5 rings (SSSR count). The molecule has 0 aliphatic rings. The number of benzene rings is 4. The zero-order valence-electron chi connectivity index (χ0n) is 19.2. The number of fused-ring (bicyclic) bond motifs is 1. The molecule has 5 aromatic rings. The van der Waals surface area contributed by atoms with Gasteiger partial charge in [-0.1, -0.05) is 63.7 Å². The van der Waals surface area contributed by atoms with E-state index in [-0.39, 0.29) is 5.91 Å². The smallest absolute Gasteiger partial charge is 0.280 e. The van der Waals surface area contributed by atoms with Crippen LogP contribution in [0.15, 0.2) is 107 Å². The maximum atomic E-state index is 13.7. The van der Waals surface area contributed by atoms with Crippen LogP contribution in [-0.2, 0) is 0 Å². The second-order valence-corrected chi connectivity index (χ2v) is 9.61. The molecule has 0 N–H and O–H groups in total. The number of ether oxygens (including phenoxy) is 2. The van der Waals surface area contributed by atoms with Crippen molar-refractivity contribution in [3.63, 3.8) is 0 Å². The van der Waals surface area contributed by atoms with Crippen molar-refractivity contribution in [1.82, 2.24) is 4.98 Å². The molecule has 0 atom stereocenters. The van der Waals surface area contributed by atoms with E-state index in [4.69, 9.17) is 9.47 Å². The predicted molar refractivity (Wildman–Crippen MR) is 148 cm³/mol. The van der Waals surface area contributed by atoms with Crippen LogP contribution in [0.25, 0.3) is 10.2 Å². The van der Waals surface area contributed by atoms with Crippen LogP contribution in [0, 0.1) is 0 Å². The number of methoxy groups -OCH3 is 1. The van der Waals surface area contributed by atoms with Crippen molar-refractivity contribution in [2.24, 2.45) is 5.10 Å². The second kappa shape index (κ2) is 10.7. The fourth-order valence-corrected chi connectivity index (χ4v) is 4.63. The van der Waals surface area contributed by atoms with Gasteiger partial charge in [-0.15, -0.1) is 0 Å². The van der Waals surface area contributed by atoms with Gasteiger partial charge in [0.1, 0.15) is 17.2 Å². The van der Waals surface area contributed by atoms with Crippen molar-refractivity contribution >= 4 is 54.7 Å². The van der Waals surface area contributed by atoms with Crippen LogP contribution in [0.4, 0.5) is 5.13 Å². The van der Waals surface area contributed by atoms with E-state index in [1.807, 2.05) is 78.9 Å². The molecule has 1 amide bonds. The predicted octanol–water partition coefficient (Wildman–Crippen LogP) is 7.54. The number of halogens is 1. The molecule has 178 valence electrons. The molecule has 0 bridgehead atoms. The van der Waals surface area contributed by atoms with Crippen LogP contribution in [0.1, 0.15) is 15.9 Å². The number of aromatic nitrogens is 1. The lowest BCUT2D eigenvalue weighted by Gasteiger charge is -2.14. The van der Waals surface area contributed by atoms with Gasteiger partial charge in [0.2, 0.25) is 5.13 Å². The molecule has 36 heavy (non-hydrogen) atoms. The zero-order chi connectivity index (χ0) is 24.9. The number of carbonyl (C=O) groups excluding carboxylic acids is 1. The van der Waals surface area contributed by atoms with E-state index in [1.165, 1.54) is 16.3 Å². The first-order valence-electron chi connectivity index (χ1n) is 11.0. The van der Waals surface area contributed by atoms with E-state index in [0.717, 1.165) is 26.0 Å². The summed E-state index contributed by atoms with van der Waals surface area (Å²) in [5.41, 5.74) is 2.03. The lowest BCUT2D eigenvalue weighted by atomic mass is 10.2. The number of amides is 1. The maximum absolute atomic E-state index is 13.7. The topological polar surface area (TPSA) is 64.0 Å². The average Bonchev–Trinajstić information content (AvgIpc) is 3.33. The Labute approximate surface area is 220 Å². The van der Waals surface area contributed by atoms with Gasteiger partial charge in [-0.3, -0.25) is 4.79 Å². The van der Waals surface area contributed by atoms with Gasteiger partial charge in [0, 0.05) is 10.0 Å². The number of hydrogen-bond acceptors (Lipinski definition) is 6. The molecule has 0 unspecified atom stereocenters. The monoisotopic (exact) mass is 557 g/mol. The molecule has 0 saturated heterocycles. The Morgan fingerprint density at radius 2 is 1.69 bits per heavy atom. The maximum Gasteiger partial charge on any atom is 0.280 e. The van der Waals surface area contributed by atoms with Crippen molar-refractivity contribution < 1.29 is 14.3 Å². The zero-order valence-corrected chi connectivity index (χ0v) is 21.6. The van der Waals surface area contributed by atoms with Crippen molar-refractivity contribution in [2.75, 3.05) is 12.1 Å². The quantitative estimate of drug-likeness (QED) is 0.153. The van der Waals surface area contributed by atoms with Crippen LogP contribution in [0.3, 0.4) is 0 Å². The Bertz CT molecular complexity index is 1540. The first-order chi connectivity index (χ1) is 17.6. The van der Waals surface area contributed by atoms with E-state index in [0.29, 0.717) is 22.2 Å². The summed E-state index contributed by atoms with van der Waals surface area (Å²) < 4.78 is 13.1. The highest BCUT2D eigenvalue weighted by Crippen LogP contribution is 2.33. The molecule has 4 aromatic carbocycles. The van der Waals surface area contributed by atoms with Gasteiger partial charge in [-0.25, -0.2) is 4.98 Å². The van der Waals surface area contributed by atoms with E-state index in [1.54, 1.807) is 31.5 Å². The standard InChI is InChI=1S/C28H20BrN3O3S/c1-34-23-14-15-25-26(17-23)36-28(31-25)32(30-18-19-10-12-21(29)13-11-19)27(33)20-6-5-9-24(16-20)35-22-7-3-2-4-8-22/h2-18H,1H3/b30-18+. The molecule has 0 fully saturated rings. The fourth-order valence-electron chi connectivity index (χ4n) is 3.41. The summed E-state index contributed by atoms with van der Waals surface area (Å²) in [7, 11) is 1.62. The van der Waals surface area contributed by atoms with Crippen LogP contribution in [0.2, 0.25) is 0 Å².